The minimum absolute atomic E-state index is 0.493. The summed E-state index contributed by atoms with van der Waals surface area (Å²) >= 11 is 0. The first-order valence-electron chi connectivity index (χ1n) is 6.53. The molecule has 1 aliphatic heterocycles. The molecule has 3 rings (SSSR count). The minimum Gasteiger partial charge on any atom is -0.381 e. The molecule has 94 valence electrons. The SMILES string of the molecule is CNCc1nnn(CC2CC2)c1C1CCOC1. The van der Waals surface area contributed by atoms with E-state index >= 15 is 0 Å². The molecule has 2 fully saturated rings. The van der Waals surface area contributed by atoms with Gasteiger partial charge in [0.1, 0.15) is 5.69 Å². The summed E-state index contributed by atoms with van der Waals surface area (Å²) in [5.74, 6) is 1.33. The molecule has 1 N–H and O–H groups in total. The molecule has 1 saturated heterocycles. The number of nitrogens with one attached hydrogen (secondary N) is 1. The highest BCUT2D eigenvalue weighted by Crippen LogP contribution is 2.33. The van der Waals surface area contributed by atoms with Gasteiger partial charge in [-0.1, -0.05) is 5.21 Å². The van der Waals surface area contributed by atoms with Gasteiger partial charge in [-0.3, -0.25) is 0 Å². The van der Waals surface area contributed by atoms with Gasteiger partial charge in [-0.15, -0.1) is 5.10 Å². The third-order valence-electron chi connectivity index (χ3n) is 3.64. The van der Waals surface area contributed by atoms with E-state index in [2.05, 4.69) is 20.3 Å². The smallest absolute Gasteiger partial charge is 0.100 e. The van der Waals surface area contributed by atoms with Crippen LogP contribution in [0.4, 0.5) is 0 Å². The first-order valence-corrected chi connectivity index (χ1v) is 6.53. The maximum atomic E-state index is 5.50. The van der Waals surface area contributed by atoms with Crippen LogP contribution in [0.25, 0.3) is 0 Å². The van der Waals surface area contributed by atoms with E-state index in [1.54, 1.807) is 0 Å². The summed E-state index contributed by atoms with van der Waals surface area (Å²) < 4.78 is 7.63. The van der Waals surface area contributed by atoms with E-state index in [1.807, 2.05) is 7.05 Å². The Morgan fingerprint density at radius 1 is 1.41 bits per heavy atom. The third kappa shape index (κ3) is 2.35. The molecule has 1 saturated carbocycles. The van der Waals surface area contributed by atoms with Crippen LogP contribution < -0.4 is 5.32 Å². The van der Waals surface area contributed by atoms with E-state index in [-0.39, 0.29) is 0 Å². The summed E-state index contributed by atoms with van der Waals surface area (Å²) in [5, 5.41) is 11.8. The number of rotatable bonds is 5. The minimum atomic E-state index is 0.493. The molecule has 0 spiro atoms. The molecule has 17 heavy (non-hydrogen) atoms. The van der Waals surface area contributed by atoms with Gasteiger partial charge in [-0.2, -0.15) is 0 Å². The van der Waals surface area contributed by atoms with Gasteiger partial charge in [0.05, 0.1) is 12.3 Å². The van der Waals surface area contributed by atoms with E-state index in [0.717, 1.165) is 44.3 Å². The van der Waals surface area contributed by atoms with Crippen LogP contribution in [0.5, 0.6) is 0 Å². The second-order valence-corrected chi connectivity index (χ2v) is 5.14. The molecule has 0 radical (unpaired) electrons. The zero-order chi connectivity index (χ0) is 11.7. The van der Waals surface area contributed by atoms with Gasteiger partial charge < -0.3 is 10.1 Å². The highest BCUT2D eigenvalue weighted by Gasteiger charge is 2.29. The van der Waals surface area contributed by atoms with Crippen molar-refractivity contribution in [1.29, 1.82) is 0 Å². The van der Waals surface area contributed by atoms with Crippen molar-refractivity contribution in [3.05, 3.63) is 11.4 Å². The number of hydrogen-bond donors (Lipinski definition) is 1. The lowest BCUT2D eigenvalue weighted by molar-refractivity contribution is 0.192. The van der Waals surface area contributed by atoms with Crippen molar-refractivity contribution in [2.75, 3.05) is 20.3 Å². The zero-order valence-electron chi connectivity index (χ0n) is 10.4. The van der Waals surface area contributed by atoms with E-state index in [0.29, 0.717) is 5.92 Å². The number of aromatic nitrogens is 3. The lowest BCUT2D eigenvalue weighted by Gasteiger charge is -2.12. The molecule has 2 aliphatic rings. The number of ether oxygens (including phenoxy) is 1. The maximum absolute atomic E-state index is 5.50. The molecular formula is C12H20N4O. The van der Waals surface area contributed by atoms with E-state index in [9.17, 15) is 0 Å². The van der Waals surface area contributed by atoms with Gasteiger partial charge in [0.2, 0.25) is 0 Å². The number of hydrogen-bond acceptors (Lipinski definition) is 4. The molecule has 1 atom stereocenters. The normalized spacial score (nSPS) is 24.4. The lowest BCUT2D eigenvalue weighted by Crippen LogP contribution is -2.15. The highest BCUT2D eigenvalue weighted by molar-refractivity contribution is 5.17. The van der Waals surface area contributed by atoms with Gasteiger partial charge >= 0.3 is 0 Å². The van der Waals surface area contributed by atoms with Crippen LogP contribution in [0.2, 0.25) is 0 Å². The Labute approximate surface area is 102 Å². The molecule has 1 aromatic rings. The predicted molar refractivity (Wildman–Crippen MR) is 63.7 cm³/mol. The topological polar surface area (TPSA) is 52.0 Å². The third-order valence-corrected chi connectivity index (χ3v) is 3.64. The van der Waals surface area contributed by atoms with Gasteiger partial charge in [0.25, 0.3) is 0 Å². The van der Waals surface area contributed by atoms with Gasteiger partial charge in [-0.25, -0.2) is 4.68 Å². The van der Waals surface area contributed by atoms with Crippen molar-refractivity contribution >= 4 is 0 Å². The molecule has 1 unspecified atom stereocenters. The predicted octanol–water partition coefficient (Wildman–Crippen LogP) is 0.911. The van der Waals surface area contributed by atoms with Gasteiger partial charge in [0, 0.05) is 25.6 Å². The van der Waals surface area contributed by atoms with Crippen molar-refractivity contribution in [3.8, 4) is 0 Å². The van der Waals surface area contributed by atoms with E-state index < -0.39 is 0 Å². The van der Waals surface area contributed by atoms with Crippen LogP contribution in [-0.2, 0) is 17.8 Å². The number of nitrogens with zero attached hydrogens (tertiary/aromatic N) is 3. The van der Waals surface area contributed by atoms with Crippen LogP contribution >= 0.6 is 0 Å². The molecular weight excluding hydrogens is 216 g/mol. The largest absolute Gasteiger partial charge is 0.381 e. The maximum Gasteiger partial charge on any atom is 0.100 e. The summed E-state index contributed by atoms with van der Waals surface area (Å²) in [6.45, 7) is 3.55. The van der Waals surface area contributed by atoms with Crippen LogP contribution in [0.3, 0.4) is 0 Å². The average molecular weight is 236 g/mol. The van der Waals surface area contributed by atoms with Gasteiger partial charge in [0.15, 0.2) is 0 Å². The Morgan fingerprint density at radius 2 is 2.29 bits per heavy atom. The summed E-state index contributed by atoms with van der Waals surface area (Å²) in [7, 11) is 1.95. The molecule has 5 nitrogen and oxygen atoms in total. The molecule has 0 bridgehead atoms. The molecule has 0 amide bonds. The standard InChI is InChI=1S/C12H20N4O/c1-13-6-11-12(10-4-5-17-8-10)16(15-14-11)7-9-2-3-9/h9-10,13H,2-8H2,1H3. The van der Waals surface area contributed by atoms with Crippen molar-refractivity contribution in [2.45, 2.75) is 38.3 Å². The van der Waals surface area contributed by atoms with E-state index in [1.165, 1.54) is 18.5 Å². The summed E-state index contributed by atoms with van der Waals surface area (Å²) in [4.78, 5) is 0. The summed E-state index contributed by atoms with van der Waals surface area (Å²) in [6, 6.07) is 0. The van der Waals surface area contributed by atoms with Crippen LogP contribution in [0.1, 0.15) is 36.6 Å². The Morgan fingerprint density at radius 3 is 2.94 bits per heavy atom. The summed E-state index contributed by atoms with van der Waals surface area (Å²) in [5.41, 5.74) is 2.41. The second kappa shape index (κ2) is 4.74. The van der Waals surface area contributed by atoms with Crippen molar-refractivity contribution in [1.82, 2.24) is 20.3 Å². The Hall–Kier alpha value is -0.940. The molecule has 1 aliphatic carbocycles. The average Bonchev–Trinajstić information content (AvgIpc) is 2.83. The first kappa shape index (κ1) is 11.2. The second-order valence-electron chi connectivity index (χ2n) is 5.14. The first-order chi connectivity index (χ1) is 8.38. The van der Waals surface area contributed by atoms with E-state index in [4.69, 9.17) is 4.74 Å². The summed E-state index contributed by atoms with van der Waals surface area (Å²) in [6.07, 6.45) is 3.80. The molecule has 1 aromatic heterocycles. The Bertz CT molecular complexity index is 380. The van der Waals surface area contributed by atoms with Crippen LogP contribution in [-0.4, -0.2) is 35.3 Å². The van der Waals surface area contributed by atoms with Crippen LogP contribution in [0.15, 0.2) is 0 Å². The van der Waals surface area contributed by atoms with Crippen LogP contribution in [0, 0.1) is 5.92 Å². The fourth-order valence-electron chi connectivity index (χ4n) is 2.53. The molecule has 5 heteroatoms. The van der Waals surface area contributed by atoms with Crippen molar-refractivity contribution in [3.63, 3.8) is 0 Å². The zero-order valence-corrected chi connectivity index (χ0v) is 10.4. The quantitative estimate of drug-likeness (QED) is 0.825. The monoisotopic (exact) mass is 236 g/mol. The highest BCUT2D eigenvalue weighted by atomic mass is 16.5. The Balaban J connectivity index is 1.85. The fourth-order valence-corrected chi connectivity index (χ4v) is 2.53. The lowest BCUT2D eigenvalue weighted by atomic mass is 10.0. The molecule has 0 aromatic carbocycles. The van der Waals surface area contributed by atoms with Crippen molar-refractivity contribution < 1.29 is 4.74 Å². The molecule has 2 heterocycles. The fraction of sp³-hybridized carbons (Fsp3) is 0.833. The van der Waals surface area contributed by atoms with Gasteiger partial charge in [-0.05, 0) is 32.2 Å². The Kier molecular flexibility index (Phi) is 3.11. The van der Waals surface area contributed by atoms with Crippen molar-refractivity contribution in [2.24, 2.45) is 5.92 Å².